The first-order valence-electron chi connectivity index (χ1n) is 6.12. The Bertz CT molecular complexity index is 328. The van der Waals surface area contributed by atoms with Crippen molar-refractivity contribution >= 4 is 11.8 Å². The molecule has 3 heteroatoms. The lowest BCUT2D eigenvalue weighted by molar-refractivity contribution is 0.192. The first kappa shape index (κ1) is 14.6. The van der Waals surface area contributed by atoms with Gasteiger partial charge >= 0.3 is 0 Å². The maximum absolute atomic E-state index is 9.75. The topological polar surface area (TPSA) is 32.3 Å². The van der Waals surface area contributed by atoms with Gasteiger partial charge in [-0.15, -0.1) is 0 Å². The molecule has 0 saturated carbocycles. The molecule has 2 N–H and O–H groups in total. The fraction of sp³-hybridized carbons (Fsp3) is 0.571. The van der Waals surface area contributed by atoms with E-state index in [0.717, 1.165) is 11.5 Å². The molecule has 0 heterocycles. The van der Waals surface area contributed by atoms with Crippen LogP contribution in [0.15, 0.2) is 24.3 Å². The van der Waals surface area contributed by atoms with Crippen molar-refractivity contribution in [2.24, 2.45) is 0 Å². The summed E-state index contributed by atoms with van der Waals surface area (Å²) in [5, 5.41) is 13.0. The maximum Gasteiger partial charge on any atom is 0.0755 e. The summed E-state index contributed by atoms with van der Waals surface area (Å²) in [6, 6.07) is 8.97. The van der Waals surface area contributed by atoms with E-state index in [-0.39, 0.29) is 6.10 Å². The van der Waals surface area contributed by atoms with Crippen molar-refractivity contribution in [3.05, 3.63) is 35.4 Å². The Morgan fingerprint density at radius 3 is 2.76 bits per heavy atom. The summed E-state index contributed by atoms with van der Waals surface area (Å²) in [5.41, 5.74) is 2.63. The molecule has 0 aliphatic carbocycles. The van der Waals surface area contributed by atoms with Gasteiger partial charge in [0.15, 0.2) is 0 Å². The number of benzene rings is 1. The number of hydrogen-bond acceptors (Lipinski definition) is 3. The highest BCUT2D eigenvalue weighted by atomic mass is 32.2. The van der Waals surface area contributed by atoms with Crippen LogP contribution in [0.3, 0.4) is 0 Å². The van der Waals surface area contributed by atoms with Crippen molar-refractivity contribution < 1.29 is 5.11 Å². The van der Waals surface area contributed by atoms with Crippen LogP contribution in [0.4, 0.5) is 0 Å². The van der Waals surface area contributed by atoms with E-state index in [4.69, 9.17) is 0 Å². The predicted molar refractivity (Wildman–Crippen MR) is 76.5 cm³/mol. The van der Waals surface area contributed by atoms with Crippen LogP contribution in [0.2, 0.25) is 0 Å². The molecule has 0 aliphatic rings. The molecule has 0 bridgehead atoms. The maximum atomic E-state index is 9.75. The summed E-state index contributed by atoms with van der Waals surface area (Å²) in [4.78, 5) is 0. The average Bonchev–Trinajstić information content (AvgIpc) is 2.26. The lowest BCUT2D eigenvalue weighted by atomic mass is 10.2. The van der Waals surface area contributed by atoms with Gasteiger partial charge in [0, 0.05) is 24.1 Å². The van der Waals surface area contributed by atoms with Gasteiger partial charge in [-0.2, -0.15) is 11.8 Å². The molecule has 0 aliphatic heterocycles. The predicted octanol–water partition coefficient (Wildman–Crippen LogP) is 2.59. The Hall–Kier alpha value is -0.510. The van der Waals surface area contributed by atoms with Crippen LogP contribution in [0.5, 0.6) is 0 Å². The number of aryl methyl sites for hydroxylation is 1. The highest BCUT2D eigenvalue weighted by Gasteiger charge is 2.05. The number of nitrogens with one attached hydrogen (secondary N) is 1. The lowest BCUT2D eigenvalue weighted by Crippen LogP contribution is -2.33. The zero-order chi connectivity index (χ0) is 12.7. The summed E-state index contributed by atoms with van der Waals surface area (Å²) in [7, 11) is 0. The third-order valence-corrected chi connectivity index (χ3v) is 3.58. The van der Waals surface area contributed by atoms with Gasteiger partial charge in [-0.1, -0.05) is 43.7 Å². The average molecular weight is 253 g/mol. The summed E-state index contributed by atoms with van der Waals surface area (Å²) < 4.78 is 0. The summed E-state index contributed by atoms with van der Waals surface area (Å²) >= 11 is 1.78. The van der Waals surface area contributed by atoms with Crippen molar-refractivity contribution in [1.29, 1.82) is 0 Å². The highest BCUT2D eigenvalue weighted by molar-refractivity contribution is 7.98. The minimum absolute atomic E-state index is 0.257. The molecule has 96 valence electrons. The molecular weight excluding hydrogens is 230 g/mol. The Morgan fingerprint density at radius 2 is 2.12 bits per heavy atom. The molecule has 0 amide bonds. The van der Waals surface area contributed by atoms with Crippen molar-refractivity contribution in [2.45, 2.75) is 38.7 Å². The van der Waals surface area contributed by atoms with E-state index >= 15 is 0 Å². The largest absolute Gasteiger partial charge is 0.391 e. The number of aliphatic hydroxyl groups excluding tert-OH is 1. The Labute approximate surface area is 109 Å². The Balaban J connectivity index is 2.19. The smallest absolute Gasteiger partial charge is 0.0755 e. The molecule has 2 nitrogen and oxygen atoms in total. The van der Waals surface area contributed by atoms with Crippen LogP contribution in [0.25, 0.3) is 0 Å². The first-order chi connectivity index (χ1) is 8.08. The molecule has 0 fully saturated rings. The zero-order valence-corrected chi connectivity index (χ0v) is 11.8. The van der Waals surface area contributed by atoms with Crippen LogP contribution in [0, 0.1) is 6.92 Å². The van der Waals surface area contributed by atoms with Crippen LogP contribution >= 0.6 is 11.8 Å². The van der Waals surface area contributed by atoms with Crippen molar-refractivity contribution in [1.82, 2.24) is 5.32 Å². The number of rotatable bonds is 7. The molecule has 0 spiro atoms. The van der Waals surface area contributed by atoms with Gasteiger partial charge in [-0.05, 0) is 12.5 Å². The minimum atomic E-state index is -0.257. The molecular formula is C14H23NOS. The fourth-order valence-electron chi connectivity index (χ4n) is 1.55. The lowest BCUT2D eigenvalue weighted by Gasteiger charge is -2.13. The number of hydrogen-bond donors (Lipinski definition) is 2. The second kappa shape index (κ2) is 7.75. The summed E-state index contributed by atoms with van der Waals surface area (Å²) in [6.45, 7) is 6.97. The van der Waals surface area contributed by atoms with E-state index in [0.29, 0.717) is 12.6 Å². The van der Waals surface area contributed by atoms with E-state index in [9.17, 15) is 5.11 Å². The highest BCUT2D eigenvalue weighted by Crippen LogP contribution is 2.14. The molecule has 0 radical (unpaired) electrons. The molecule has 1 unspecified atom stereocenters. The summed E-state index contributed by atoms with van der Waals surface area (Å²) in [6.07, 6.45) is -0.257. The van der Waals surface area contributed by atoms with Gasteiger partial charge < -0.3 is 10.4 Å². The first-order valence-corrected chi connectivity index (χ1v) is 7.28. The molecule has 0 aromatic heterocycles. The molecule has 17 heavy (non-hydrogen) atoms. The van der Waals surface area contributed by atoms with Gasteiger partial charge in [0.05, 0.1) is 6.10 Å². The number of thioether (sulfide) groups is 1. The SMILES string of the molecule is Cc1cccc(CSCC(O)CNC(C)C)c1. The Morgan fingerprint density at radius 1 is 1.35 bits per heavy atom. The molecule has 1 aromatic carbocycles. The third kappa shape index (κ3) is 6.71. The van der Waals surface area contributed by atoms with Crippen LogP contribution in [-0.2, 0) is 5.75 Å². The van der Waals surface area contributed by atoms with Gasteiger partial charge in [0.2, 0.25) is 0 Å². The standard InChI is InChI=1S/C14H23NOS/c1-11(2)15-8-14(16)10-17-9-13-6-4-5-12(3)7-13/h4-7,11,14-16H,8-10H2,1-3H3. The van der Waals surface area contributed by atoms with Crippen molar-refractivity contribution in [2.75, 3.05) is 12.3 Å². The minimum Gasteiger partial charge on any atom is -0.391 e. The third-order valence-electron chi connectivity index (χ3n) is 2.42. The van der Waals surface area contributed by atoms with E-state index in [1.807, 2.05) is 0 Å². The van der Waals surface area contributed by atoms with Crippen LogP contribution in [0.1, 0.15) is 25.0 Å². The van der Waals surface area contributed by atoms with Crippen LogP contribution < -0.4 is 5.32 Å². The summed E-state index contributed by atoms with van der Waals surface area (Å²) in [5.74, 6) is 1.76. The van der Waals surface area contributed by atoms with Crippen molar-refractivity contribution in [3.63, 3.8) is 0 Å². The normalized spacial score (nSPS) is 13.0. The quantitative estimate of drug-likeness (QED) is 0.783. The van der Waals surface area contributed by atoms with Gasteiger partial charge in [0.25, 0.3) is 0 Å². The van der Waals surface area contributed by atoms with E-state index < -0.39 is 0 Å². The van der Waals surface area contributed by atoms with Crippen molar-refractivity contribution in [3.8, 4) is 0 Å². The second-order valence-corrected chi connectivity index (χ2v) is 5.75. The fourth-order valence-corrected chi connectivity index (χ4v) is 2.47. The zero-order valence-electron chi connectivity index (χ0n) is 10.9. The van der Waals surface area contributed by atoms with E-state index in [1.165, 1.54) is 11.1 Å². The Kier molecular flexibility index (Phi) is 6.63. The number of aliphatic hydroxyl groups is 1. The second-order valence-electron chi connectivity index (χ2n) is 4.72. The van der Waals surface area contributed by atoms with Gasteiger partial charge in [0.1, 0.15) is 0 Å². The molecule has 1 aromatic rings. The molecule has 0 saturated heterocycles. The molecule has 1 rings (SSSR count). The monoisotopic (exact) mass is 253 g/mol. The molecule has 1 atom stereocenters. The van der Waals surface area contributed by atoms with E-state index in [1.54, 1.807) is 11.8 Å². The van der Waals surface area contributed by atoms with Gasteiger partial charge in [-0.25, -0.2) is 0 Å². The van der Waals surface area contributed by atoms with Crippen LogP contribution in [-0.4, -0.2) is 29.5 Å². The van der Waals surface area contributed by atoms with Gasteiger partial charge in [-0.3, -0.25) is 0 Å². The van der Waals surface area contributed by atoms with E-state index in [2.05, 4.69) is 50.4 Å².